The molecule has 0 amide bonds. The Morgan fingerprint density at radius 3 is 2.94 bits per heavy atom. The van der Waals surface area contributed by atoms with E-state index < -0.39 is 0 Å². The van der Waals surface area contributed by atoms with E-state index in [1.807, 2.05) is 37.4 Å². The molecule has 0 atom stereocenters. The molecule has 0 saturated carbocycles. The molecular formula is C14H21N3. The Morgan fingerprint density at radius 1 is 1.47 bits per heavy atom. The summed E-state index contributed by atoms with van der Waals surface area (Å²) >= 11 is 0. The largest absolute Gasteiger partial charge is 0.402 e. The lowest BCUT2D eigenvalue weighted by Gasteiger charge is -2.05. The summed E-state index contributed by atoms with van der Waals surface area (Å²) in [5.74, 6) is 0.896. The molecule has 0 radical (unpaired) electrons. The molecule has 0 saturated heterocycles. The van der Waals surface area contributed by atoms with Crippen LogP contribution in [0, 0.1) is 6.92 Å². The summed E-state index contributed by atoms with van der Waals surface area (Å²) in [6, 6.07) is 4.02. The van der Waals surface area contributed by atoms with Gasteiger partial charge in [-0.2, -0.15) is 0 Å². The van der Waals surface area contributed by atoms with Crippen molar-refractivity contribution in [3.8, 4) is 0 Å². The molecule has 92 valence electrons. The van der Waals surface area contributed by atoms with E-state index in [1.165, 1.54) is 5.56 Å². The van der Waals surface area contributed by atoms with Crippen LogP contribution in [0.4, 0.5) is 5.82 Å². The van der Waals surface area contributed by atoms with Crippen molar-refractivity contribution < 1.29 is 0 Å². The fraction of sp³-hybridized carbons (Fsp3) is 0.357. The summed E-state index contributed by atoms with van der Waals surface area (Å²) in [5, 5.41) is 3.24. The smallest absolute Gasteiger partial charge is 0.125 e. The second-order valence-electron chi connectivity index (χ2n) is 3.98. The van der Waals surface area contributed by atoms with Gasteiger partial charge in [0, 0.05) is 24.9 Å². The number of nitrogens with two attached hydrogens (primary N) is 1. The first-order chi connectivity index (χ1) is 8.22. The Morgan fingerprint density at radius 2 is 2.29 bits per heavy atom. The second-order valence-corrected chi connectivity index (χ2v) is 3.98. The SMILES string of the molecule is CC/C=C\C=C(/N)CCNc1ccc(C)cn1. The van der Waals surface area contributed by atoms with Crippen molar-refractivity contribution in [2.75, 3.05) is 11.9 Å². The predicted molar refractivity (Wildman–Crippen MR) is 73.8 cm³/mol. The maximum atomic E-state index is 5.85. The number of aromatic nitrogens is 1. The van der Waals surface area contributed by atoms with Crippen LogP contribution < -0.4 is 11.1 Å². The Bertz CT molecular complexity index is 377. The number of anilines is 1. The van der Waals surface area contributed by atoms with Gasteiger partial charge < -0.3 is 11.1 Å². The molecule has 0 aliphatic heterocycles. The van der Waals surface area contributed by atoms with Crippen molar-refractivity contribution in [3.63, 3.8) is 0 Å². The van der Waals surface area contributed by atoms with E-state index in [9.17, 15) is 0 Å². The van der Waals surface area contributed by atoms with Crippen LogP contribution in [0.2, 0.25) is 0 Å². The Labute approximate surface area is 103 Å². The normalized spacial score (nSPS) is 12.0. The van der Waals surface area contributed by atoms with Gasteiger partial charge in [0.2, 0.25) is 0 Å². The Hall–Kier alpha value is -1.77. The standard InChI is InChI=1S/C14H21N3/c1-3-4-5-6-13(15)9-10-16-14-8-7-12(2)11-17-14/h4-8,11H,3,9-10,15H2,1-2H3,(H,16,17)/b5-4-,13-6-. The first kappa shape index (κ1) is 13.3. The molecule has 0 aromatic carbocycles. The summed E-state index contributed by atoms with van der Waals surface area (Å²) in [6.45, 7) is 4.93. The minimum absolute atomic E-state index is 0.804. The molecule has 0 aliphatic carbocycles. The third-order valence-electron chi connectivity index (χ3n) is 2.31. The highest BCUT2D eigenvalue weighted by atomic mass is 15.0. The van der Waals surface area contributed by atoms with Crippen LogP contribution in [0.25, 0.3) is 0 Å². The molecule has 0 fully saturated rings. The zero-order valence-corrected chi connectivity index (χ0v) is 10.6. The van der Waals surface area contributed by atoms with Gasteiger partial charge in [-0.1, -0.05) is 25.1 Å². The van der Waals surface area contributed by atoms with Gasteiger partial charge in [-0.15, -0.1) is 0 Å². The van der Waals surface area contributed by atoms with E-state index in [0.29, 0.717) is 0 Å². The van der Waals surface area contributed by atoms with Gasteiger partial charge in [0.05, 0.1) is 0 Å². The average molecular weight is 231 g/mol. The second kappa shape index (κ2) is 7.49. The topological polar surface area (TPSA) is 50.9 Å². The van der Waals surface area contributed by atoms with E-state index in [0.717, 1.165) is 30.9 Å². The molecule has 1 rings (SSSR count). The lowest BCUT2D eigenvalue weighted by atomic mass is 10.2. The third-order valence-corrected chi connectivity index (χ3v) is 2.31. The molecule has 0 spiro atoms. The molecule has 3 heteroatoms. The summed E-state index contributed by atoms with van der Waals surface area (Å²) in [5.41, 5.74) is 7.90. The highest BCUT2D eigenvalue weighted by molar-refractivity contribution is 5.35. The maximum absolute atomic E-state index is 5.85. The van der Waals surface area contributed by atoms with Crippen LogP contribution >= 0.6 is 0 Å². The number of hydrogen-bond acceptors (Lipinski definition) is 3. The summed E-state index contributed by atoms with van der Waals surface area (Å²) < 4.78 is 0. The molecule has 0 unspecified atom stereocenters. The number of rotatable bonds is 6. The van der Waals surface area contributed by atoms with Gasteiger partial charge in [-0.3, -0.25) is 0 Å². The molecule has 0 bridgehead atoms. The van der Waals surface area contributed by atoms with Crippen LogP contribution in [0.1, 0.15) is 25.3 Å². The van der Waals surface area contributed by atoms with Gasteiger partial charge in [0.25, 0.3) is 0 Å². The average Bonchev–Trinajstić information content (AvgIpc) is 2.32. The molecular weight excluding hydrogens is 210 g/mol. The van der Waals surface area contributed by atoms with Gasteiger partial charge >= 0.3 is 0 Å². The van der Waals surface area contributed by atoms with Crippen molar-refractivity contribution in [2.45, 2.75) is 26.7 Å². The molecule has 1 aromatic heterocycles. The van der Waals surface area contributed by atoms with Crippen molar-refractivity contribution in [2.24, 2.45) is 5.73 Å². The van der Waals surface area contributed by atoms with Gasteiger partial charge in [0.1, 0.15) is 5.82 Å². The minimum Gasteiger partial charge on any atom is -0.402 e. The molecule has 1 heterocycles. The first-order valence-electron chi connectivity index (χ1n) is 6.00. The number of nitrogens with one attached hydrogen (secondary N) is 1. The number of hydrogen-bond donors (Lipinski definition) is 2. The van der Waals surface area contributed by atoms with Crippen LogP contribution in [-0.4, -0.2) is 11.5 Å². The molecule has 3 N–H and O–H groups in total. The lowest BCUT2D eigenvalue weighted by Crippen LogP contribution is -2.08. The zero-order valence-electron chi connectivity index (χ0n) is 10.6. The fourth-order valence-electron chi connectivity index (χ4n) is 1.32. The highest BCUT2D eigenvalue weighted by Crippen LogP contribution is 2.04. The molecule has 0 aliphatic rings. The summed E-state index contributed by atoms with van der Waals surface area (Å²) in [6.07, 6.45) is 9.75. The predicted octanol–water partition coefficient (Wildman–Crippen LogP) is 3.00. The van der Waals surface area contributed by atoms with E-state index in [-0.39, 0.29) is 0 Å². The summed E-state index contributed by atoms with van der Waals surface area (Å²) in [4.78, 5) is 4.27. The van der Waals surface area contributed by atoms with Gasteiger partial charge in [-0.25, -0.2) is 4.98 Å². The monoisotopic (exact) mass is 231 g/mol. The van der Waals surface area contributed by atoms with Crippen LogP contribution in [0.3, 0.4) is 0 Å². The van der Waals surface area contributed by atoms with Crippen molar-refractivity contribution in [1.29, 1.82) is 0 Å². The number of allylic oxidation sites excluding steroid dienone is 3. The van der Waals surface area contributed by atoms with Gasteiger partial charge in [-0.05, 0) is 31.1 Å². The van der Waals surface area contributed by atoms with E-state index >= 15 is 0 Å². The van der Waals surface area contributed by atoms with Crippen LogP contribution in [0.15, 0.2) is 42.3 Å². The number of pyridine rings is 1. The third kappa shape index (κ3) is 5.76. The molecule has 3 nitrogen and oxygen atoms in total. The Balaban J connectivity index is 2.30. The first-order valence-corrected chi connectivity index (χ1v) is 6.00. The fourth-order valence-corrected chi connectivity index (χ4v) is 1.32. The van der Waals surface area contributed by atoms with Crippen molar-refractivity contribution in [1.82, 2.24) is 4.98 Å². The quantitative estimate of drug-likeness (QED) is 0.740. The molecule has 17 heavy (non-hydrogen) atoms. The van der Waals surface area contributed by atoms with Crippen LogP contribution in [0.5, 0.6) is 0 Å². The van der Waals surface area contributed by atoms with Crippen molar-refractivity contribution >= 4 is 5.82 Å². The lowest BCUT2D eigenvalue weighted by molar-refractivity contribution is 0.968. The van der Waals surface area contributed by atoms with E-state index in [2.05, 4.69) is 23.3 Å². The maximum Gasteiger partial charge on any atom is 0.125 e. The van der Waals surface area contributed by atoms with E-state index in [4.69, 9.17) is 5.73 Å². The number of nitrogens with zero attached hydrogens (tertiary/aromatic N) is 1. The zero-order chi connectivity index (χ0) is 12.5. The minimum atomic E-state index is 0.804. The summed E-state index contributed by atoms with van der Waals surface area (Å²) in [7, 11) is 0. The van der Waals surface area contributed by atoms with Gasteiger partial charge in [0.15, 0.2) is 0 Å². The number of aryl methyl sites for hydroxylation is 1. The van der Waals surface area contributed by atoms with E-state index in [1.54, 1.807) is 0 Å². The molecule has 1 aromatic rings. The highest BCUT2D eigenvalue weighted by Gasteiger charge is 1.93. The van der Waals surface area contributed by atoms with Crippen molar-refractivity contribution in [3.05, 3.63) is 47.8 Å². The Kier molecular flexibility index (Phi) is 5.86. The van der Waals surface area contributed by atoms with Crippen LogP contribution in [-0.2, 0) is 0 Å².